The van der Waals surface area contributed by atoms with Crippen molar-refractivity contribution < 1.29 is 14.7 Å². The highest BCUT2D eigenvalue weighted by atomic mass is 16.4. The van der Waals surface area contributed by atoms with E-state index in [1.165, 1.54) is 17.3 Å². The average Bonchev–Trinajstić information content (AvgIpc) is 2.90. The molecule has 0 saturated carbocycles. The molecule has 0 aliphatic carbocycles. The predicted molar refractivity (Wildman–Crippen MR) is 69.7 cm³/mol. The molecule has 0 atom stereocenters. The van der Waals surface area contributed by atoms with Gasteiger partial charge in [0, 0.05) is 6.54 Å². The van der Waals surface area contributed by atoms with Gasteiger partial charge in [0.05, 0.1) is 6.42 Å². The molecule has 0 bridgehead atoms. The van der Waals surface area contributed by atoms with Gasteiger partial charge in [-0.25, -0.2) is 9.67 Å². The van der Waals surface area contributed by atoms with Crippen molar-refractivity contribution in [3.05, 3.63) is 48.0 Å². The van der Waals surface area contributed by atoms with Crippen molar-refractivity contribution in [2.45, 2.75) is 19.5 Å². The van der Waals surface area contributed by atoms with E-state index >= 15 is 0 Å². The minimum Gasteiger partial charge on any atom is -0.481 e. The number of carboxylic acid groups (broad SMARTS) is 1. The summed E-state index contributed by atoms with van der Waals surface area (Å²) in [6, 6.07) is 7.13. The standard InChI is InChI=1S/C13H14N4O3/c18-12(7-17-9-14-8-16-17)15-6-11-4-2-1-3-10(11)5-13(19)20/h1-4,8-9H,5-7H2,(H,15,18)(H,19,20). The van der Waals surface area contributed by atoms with Crippen LogP contribution in [0.15, 0.2) is 36.9 Å². The molecule has 104 valence electrons. The van der Waals surface area contributed by atoms with E-state index in [0.717, 1.165) is 5.56 Å². The van der Waals surface area contributed by atoms with Gasteiger partial charge in [0.25, 0.3) is 0 Å². The Morgan fingerprint density at radius 1 is 1.25 bits per heavy atom. The first kappa shape index (κ1) is 13.7. The SMILES string of the molecule is O=C(O)Cc1ccccc1CNC(=O)Cn1cncn1. The topological polar surface area (TPSA) is 97.1 Å². The summed E-state index contributed by atoms with van der Waals surface area (Å²) in [5, 5.41) is 15.4. The van der Waals surface area contributed by atoms with E-state index in [-0.39, 0.29) is 25.4 Å². The minimum atomic E-state index is -0.897. The zero-order valence-corrected chi connectivity index (χ0v) is 10.7. The van der Waals surface area contributed by atoms with E-state index in [2.05, 4.69) is 15.4 Å². The zero-order valence-electron chi connectivity index (χ0n) is 10.7. The van der Waals surface area contributed by atoms with Crippen LogP contribution in [0.25, 0.3) is 0 Å². The summed E-state index contributed by atoms with van der Waals surface area (Å²) in [6.07, 6.45) is 2.75. The number of nitrogens with one attached hydrogen (secondary N) is 1. The number of aliphatic carboxylic acids is 1. The molecule has 1 amide bonds. The summed E-state index contributed by atoms with van der Waals surface area (Å²) in [4.78, 5) is 26.2. The van der Waals surface area contributed by atoms with Gasteiger partial charge in [-0.05, 0) is 11.1 Å². The van der Waals surface area contributed by atoms with Crippen molar-refractivity contribution in [3.8, 4) is 0 Å². The van der Waals surface area contributed by atoms with E-state index in [4.69, 9.17) is 5.11 Å². The van der Waals surface area contributed by atoms with Crippen LogP contribution in [0.2, 0.25) is 0 Å². The number of nitrogens with zero attached hydrogens (tertiary/aromatic N) is 3. The number of benzene rings is 1. The van der Waals surface area contributed by atoms with Crippen molar-refractivity contribution in [1.82, 2.24) is 20.1 Å². The Morgan fingerprint density at radius 3 is 2.65 bits per heavy atom. The third kappa shape index (κ3) is 3.91. The maximum absolute atomic E-state index is 11.7. The molecule has 20 heavy (non-hydrogen) atoms. The summed E-state index contributed by atoms with van der Waals surface area (Å²) < 4.78 is 1.42. The third-order valence-electron chi connectivity index (χ3n) is 2.71. The van der Waals surface area contributed by atoms with Gasteiger partial charge >= 0.3 is 5.97 Å². The van der Waals surface area contributed by atoms with Crippen molar-refractivity contribution in [1.29, 1.82) is 0 Å². The lowest BCUT2D eigenvalue weighted by molar-refractivity contribution is -0.136. The maximum atomic E-state index is 11.7. The molecular formula is C13H14N4O3. The van der Waals surface area contributed by atoms with Crippen LogP contribution in [-0.2, 0) is 29.1 Å². The summed E-state index contributed by atoms with van der Waals surface area (Å²) in [5.41, 5.74) is 1.49. The lowest BCUT2D eigenvalue weighted by Gasteiger charge is -2.09. The van der Waals surface area contributed by atoms with Crippen molar-refractivity contribution in [2.75, 3.05) is 0 Å². The van der Waals surface area contributed by atoms with Crippen LogP contribution in [0, 0.1) is 0 Å². The fourth-order valence-electron chi connectivity index (χ4n) is 1.78. The van der Waals surface area contributed by atoms with Crippen molar-refractivity contribution in [3.63, 3.8) is 0 Å². The molecule has 1 heterocycles. The molecule has 1 aromatic heterocycles. The molecule has 2 aromatic rings. The predicted octanol–water partition coefficient (Wildman–Crippen LogP) is 0.222. The first-order valence-electron chi connectivity index (χ1n) is 6.03. The van der Waals surface area contributed by atoms with Crippen LogP contribution in [-0.4, -0.2) is 31.7 Å². The fraction of sp³-hybridized carbons (Fsp3) is 0.231. The van der Waals surface area contributed by atoms with Gasteiger partial charge in [-0.2, -0.15) is 5.10 Å². The van der Waals surface area contributed by atoms with E-state index < -0.39 is 5.97 Å². The monoisotopic (exact) mass is 274 g/mol. The van der Waals surface area contributed by atoms with Crippen LogP contribution >= 0.6 is 0 Å². The zero-order chi connectivity index (χ0) is 14.4. The van der Waals surface area contributed by atoms with Gasteiger partial charge in [0.15, 0.2) is 0 Å². The first-order valence-corrected chi connectivity index (χ1v) is 6.03. The lowest BCUT2D eigenvalue weighted by atomic mass is 10.0. The molecule has 0 spiro atoms. The number of aromatic nitrogens is 3. The third-order valence-corrected chi connectivity index (χ3v) is 2.71. The summed E-state index contributed by atoms with van der Waals surface area (Å²) >= 11 is 0. The molecule has 0 unspecified atom stereocenters. The molecule has 0 fully saturated rings. The molecule has 1 aromatic carbocycles. The molecule has 0 saturated heterocycles. The smallest absolute Gasteiger partial charge is 0.307 e. The highest BCUT2D eigenvalue weighted by Crippen LogP contribution is 2.09. The summed E-state index contributed by atoms with van der Waals surface area (Å²) in [6.45, 7) is 0.373. The molecule has 0 aliphatic rings. The van der Waals surface area contributed by atoms with Gasteiger partial charge in [0.1, 0.15) is 19.2 Å². The highest BCUT2D eigenvalue weighted by molar-refractivity contribution is 5.75. The van der Waals surface area contributed by atoms with Gasteiger partial charge in [-0.3, -0.25) is 9.59 Å². The van der Waals surface area contributed by atoms with Crippen LogP contribution < -0.4 is 5.32 Å². The van der Waals surface area contributed by atoms with Crippen LogP contribution in [0.4, 0.5) is 0 Å². The molecule has 2 rings (SSSR count). The normalized spacial score (nSPS) is 10.2. The van der Waals surface area contributed by atoms with Gasteiger partial charge < -0.3 is 10.4 Å². The van der Waals surface area contributed by atoms with Crippen molar-refractivity contribution in [2.24, 2.45) is 0 Å². The number of carbonyl (C=O) groups excluding carboxylic acids is 1. The van der Waals surface area contributed by atoms with Crippen LogP contribution in [0.3, 0.4) is 0 Å². The Labute approximate surface area is 115 Å². The van der Waals surface area contributed by atoms with Crippen LogP contribution in [0.5, 0.6) is 0 Å². The van der Waals surface area contributed by atoms with E-state index in [9.17, 15) is 9.59 Å². The Morgan fingerprint density at radius 2 is 2.00 bits per heavy atom. The maximum Gasteiger partial charge on any atom is 0.307 e. The largest absolute Gasteiger partial charge is 0.481 e. The Hall–Kier alpha value is -2.70. The molecule has 7 nitrogen and oxygen atoms in total. The average molecular weight is 274 g/mol. The second-order valence-corrected chi connectivity index (χ2v) is 4.21. The van der Waals surface area contributed by atoms with E-state index in [1.807, 2.05) is 6.07 Å². The molecule has 7 heteroatoms. The Kier molecular flexibility index (Phi) is 4.43. The Balaban J connectivity index is 1.93. The molecule has 2 N–H and O–H groups in total. The summed E-state index contributed by atoms with van der Waals surface area (Å²) in [5.74, 6) is -1.10. The number of hydrogen-bond donors (Lipinski definition) is 2. The lowest BCUT2D eigenvalue weighted by Crippen LogP contribution is -2.27. The van der Waals surface area contributed by atoms with Gasteiger partial charge in [-0.1, -0.05) is 24.3 Å². The van der Waals surface area contributed by atoms with E-state index in [0.29, 0.717) is 5.56 Å². The highest BCUT2D eigenvalue weighted by Gasteiger charge is 2.08. The summed E-state index contributed by atoms with van der Waals surface area (Å²) in [7, 11) is 0. The number of amides is 1. The second kappa shape index (κ2) is 6.46. The number of carbonyl (C=O) groups is 2. The second-order valence-electron chi connectivity index (χ2n) is 4.21. The molecule has 0 radical (unpaired) electrons. The van der Waals surface area contributed by atoms with Crippen molar-refractivity contribution >= 4 is 11.9 Å². The number of carboxylic acids is 1. The Bertz CT molecular complexity index is 595. The van der Waals surface area contributed by atoms with Crippen LogP contribution in [0.1, 0.15) is 11.1 Å². The minimum absolute atomic E-state index is 0.0604. The molecule has 0 aliphatic heterocycles. The van der Waals surface area contributed by atoms with Gasteiger partial charge in [0.2, 0.25) is 5.91 Å². The number of rotatable bonds is 6. The molecular weight excluding hydrogens is 260 g/mol. The first-order chi connectivity index (χ1) is 9.65. The fourth-order valence-corrected chi connectivity index (χ4v) is 1.78. The quantitative estimate of drug-likeness (QED) is 0.785. The van der Waals surface area contributed by atoms with Gasteiger partial charge in [-0.15, -0.1) is 0 Å². The van der Waals surface area contributed by atoms with E-state index in [1.54, 1.807) is 18.2 Å². The number of hydrogen-bond acceptors (Lipinski definition) is 4.